The van der Waals surface area contributed by atoms with Crippen LogP contribution in [0.4, 0.5) is 18.9 Å². The molecule has 0 radical (unpaired) electrons. The molecule has 0 bridgehead atoms. The lowest BCUT2D eigenvalue weighted by atomic mass is 10.1. The highest BCUT2D eigenvalue weighted by Crippen LogP contribution is 2.36. The van der Waals surface area contributed by atoms with Gasteiger partial charge in [0.2, 0.25) is 11.8 Å². The van der Waals surface area contributed by atoms with Gasteiger partial charge in [0.15, 0.2) is 6.61 Å². The Hall–Kier alpha value is -3.27. The Bertz CT molecular complexity index is 965. The van der Waals surface area contributed by atoms with Crippen LogP contribution < -0.4 is 15.8 Å². The molecule has 0 fully saturated rings. The molecule has 0 heterocycles. The average Bonchev–Trinajstić information content (AvgIpc) is 2.67. The zero-order chi connectivity index (χ0) is 23.2. The summed E-state index contributed by atoms with van der Waals surface area (Å²) in [6, 6.07) is 9.35. The molecule has 2 aromatic carbocycles. The van der Waals surface area contributed by atoms with Crippen molar-refractivity contribution in [1.29, 1.82) is 0 Å². The van der Waals surface area contributed by atoms with Gasteiger partial charge in [-0.25, -0.2) is 0 Å². The number of hydrogen-bond donors (Lipinski definition) is 2. The van der Waals surface area contributed by atoms with E-state index < -0.39 is 41.0 Å². The molecular weight excluding hydrogens is 439 g/mol. The van der Waals surface area contributed by atoms with Crippen molar-refractivity contribution in [2.45, 2.75) is 12.6 Å². The number of nitrogens with one attached hydrogen (secondary N) is 1. The minimum absolute atomic E-state index is 0.0785. The Balaban J connectivity index is 1.87. The fraction of sp³-hybridized carbons (Fsp3) is 0.250. The Labute approximate surface area is 180 Å². The molecule has 0 aliphatic heterocycles. The van der Waals surface area contributed by atoms with Gasteiger partial charge in [-0.2, -0.15) is 13.2 Å². The minimum atomic E-state index is -4.67. The van der Waals surface area contributed by atoms with Gasteiger partial charge >= 0.3 is 6.18 Å². The largest absolute Gasteiger partial charge is 0.484 e. The van der Waals surface area contributed by atoms with Crippen LogP contribution >= 0.6 is 11.6 Å². The molecule has 11 heteroatoms. The van der Waals surface area contributed by atoms with Crippen LogP contribution in [0.5, 0.6) is 5.75 Å². The predicted octanol–water partition coefficient (Wildman–Crippen LogP) is 2.86. The first-order valence-electron chi connectivity index (χ1n) is 8.86. The highest BCUT2D eigenvalue weighted by atomic mass is 35.5. The Kier molecular flexibility index (Phi) is 7.87. The van der Waals surface area contributed by atoms with Crippen LogP contribution in [0, 0.1) is 0 Å². The number of nitrogens with zero attached hydrogens (tertiary/aromatic N) is 1. The van der Waals surface area contributed by atoms with Crippen LogP contribution in [0.2, 0.25) is 5.02 Å². The Morgan fingerprint density at radius 1 is 1.13 bits per heavy atom. The number of nitrogens with two attached hydrogens (primary N) is 1. The van der Waals surface area contributed by atoms with Crippen molar-refractivity contribution in [3.8, 4) is 5.75 Å². The van der Waals surface area contributed by atoms with Gasteiger partial charge in [0.25, 0.3) is 5.91 Å². The minimum Gasteiger partial charge on any atom is -0.484 e. The van der Waals surface area contributed by atoms with E-state index in [4.69, 9.17) is 22.1 Å². The number of amides is 3. The van der Waals surface area contributed by atoms with Crippen LogP contribution in [0.25, 0.3) is 0 Å². The van der Waals surface area contributed by atoms with E-state index in [1.165, 1.54) is 13.1 Å². The highest BCUT2D eigenvalue weighted by molar-refractivity contribution is 6.31. The summed E-state index contributed by atoms with van der Waals surface area (Å²) < 4.78 is 44.0. The Morgan fingerprint density at radius 3 is 2.35 bits per heavy atom. The van der Waals surface area contributed by atoms with Crippen molar-refractivity contribution >= 4 is 35.0 Å². The van der Waals surface area contributed by atoms with Gasteiger partial charge in [0.1, 0.15) is 5.75 Å². The monoisotopic (exact) mass is 457 g/mol. The maximum Gasteiger partial charge on any atom is 0.417 e. The predicted molar refractivity (Wildman–Crippen MR) is 108 cm³/mol. The number of benzene rings is 2. The molecule has 3 N–H and O–H groups in total. The zero-order valence-corrected chi connectivity index (χ0v) is 17.1. The maximum atomic E-state index is 12.9. The Morgan fingerprint density at radius 2 is 1.77 bits per heavy atom. The second kappa shape index (κ2) is 10.2. The molecule has 2 rings (SSSR count). The quantitative estimate of drug-likeness (QED) is 0.636. The van der Waals surface area contributed by atoms with Crippen LogP contribution in [0.3, 0.4) is 0 Å². The lowest BCUT2D eigenvalue weighted by molar-refractivity contribution is -0.137. The smallest absolute Gasteiger partial charge is 0.417 e. The molecule has 7 nitrogen and oxygen atoms in total. The number of rotatable bonds is 8. The molecule has 31 heavy (non-hydrogen) atoms. The molecule has 3 amide bonds. The molecule has 0 saturated carbocycles. The summed E-state index contributed by atoms with van der Waals surface area (Å²) in [6.07, 6.45) is -4.59. The molecule has 0 aromatic heterocycles. The number of hydrogen-bond acceptors (Lipinski definition) is 4. The van der Waals surface area contributed by atoms with Gasteiger partial charge in [-0.05, 0) is 35.9 Å². The second-order valence-electron chi connectivity index (χ2n) is 6.57. The summed E-state index contributed by atoms with van der Waals surface area (Å²) in [5.41, 5.74) is 4.62. The number of likely N-dealkylation sites (N-methyl/N-ethyl adjacent to an activating group) is 1. The van der Waals surface area contributed by atoms with E-state index in [1.54, 1.807) is 24.3 Å². The van der Waals surface area contributed by atoms with Crippen molar-refractivity contribution in [2.75, 3.05) is 25.5 Å². The van der Waals surface area contributed by atoms with Gasteiger partial charge in [-0.3, -0.25) is 14.4 Å². The van der Waals surface area contributed by atoms with E-state index in [0.29, 0.717) is 17.4 Å². The number of primary amides is 1. The molecule has 0 aliphatic carbocycles. The average molecular weight is 458 g/mol. The topological polar surface area (TPSA) is 102 Å². The molecule has 0 saturated heterocycles. The zero-order valence-electron chi connectivity index (χ0n) is 16.3. The van der Waals surface area contributed by atoms with Crippen LogP contribution in [-0.4, -0.2) is 42.8 Å². The number of anilines is 1. The summed E-state index contributed by atoms with van der Waals surface area (Å²) in [6.45, 7) is -0.762. The number of carbonyl (C=O) groups is 3. The number of ether oxygens (including phenoxy) is 1. The molecule has 0 unspecified atom stereocenters. The number of carbonyl (C=O) groups excluding carboxylic acids is 3. The van der Waals surface area contributed by atoms with Crippen molar-refractivity contribution in [3.05, 3.63) is 58.6 Å². The highest BCUT2D eigenvalue weighted by Gasteiger charge is 2.33. The van der Waals surface area contributed by atoms with E-state index >= 15 is 0 Å². The van der Waals surface area contributed by atoms with E-state index in [2.05, 4.69) is 5.32 Å². The molecule has 2 aromatic rings. The van der Waals surface area contributed by atoms with E-state index in [1.807, 2.05) is 0 Å². The standard InChI is InChI=1S/C20H19ClF3N3O4/c1-27(19(30)11-31-14-5-2-12(3-6-14)8-17(25)28)10-18(29)26-13-4-7-16(21)15(9-13)20(22,23)24/h2-7,9H,8,10-11H2,1H3,(H2,25,28)(H,26,29). The molecule has 166 valence electrons. The van der Waals surface area contributed by atoms with E-state index in [9.17, 15) is 27.6 Å². The van der Waals surface area contributed by atoms with Crippen molar-refractivity contribution in [1.82, 2.24) is 4.90 Å². The first-order chi connectivity index (χ1) is 14.5. The van der Waals surface area contributed by atoms with Crippen LogP contribution in [-0.2, 0) is 27.0 Å². The third-order valence-corrected chi connectivity index (χ3v) is 4.36. The van der Waals surface area contributed by atoms with Gasteiger partial charge in [-0.15, -0.1) is 0 Å². The van der Waals surface area contributed by atoms with Gasteiger partial charge in [0.05, 0.1) is 23.6 Å². The van der Waals surface area contributed by atoms with Gasteiger partial charge in [-0.1, -0.05) is 23.7 Å². The second-order valence-corrected chi connectivity index (χ2v) is 6.97. The summed E-state index contributed by atoms with van der Waals surface area (Å²) >= 11 is 5.54. The van der Waals surface area contributed by atoms with Crippen molar-refractivity contribution < 1.29 is 32.3 Å². The van der Waals surface area contributed by atoms with Crippen molar-refractivity contribution in [3.63, 3.8) is 0 Å². The third kappa shape index (κ3) is 7.49. The third-order valence-electron chi connectivity index (χ3n) is 4.03. The SMILES string of the molecule is CN(CC(=O)Nc1ccc(Cl)c(C(F)(F)F)c1)C(=O)COc1ccc(CC(N)=O)cc1. The molecule has 0 atom stereocenters. The van der Waals surface area contributed by atoms with Gasteiger partial charge in [0, 0.05) is 12.7 Å². The molecule has 0 aliphatic rings. The molecular formula is C20H19ClF3N3O4. The molecule has 0 spiro atoms. The fourth-order valence-electron chi connectivity index (χ4n) is 2.48. The van der Waals surface area contributed by atoms with Crippen molar-refractivity contribution in [2.24, 2.45) is 5.73 Å². The summed E-state index contributed by atoms with van der Waals surface area (Å²) in [7, 11) is 1.35. The first-order valence-corrected chi connectivity index (χ1v) is 9.24. The van der Waals surface area contributed by atoms with Crippen LogP contribution in [0.15, 0.2) is 42.5 Å². The van der Waals surface area contributed by atoms with Crippen LogP contribution in [0.1, 0.15) is 11.1 Å². The number of halogens is 4. The normalized spacial score (nSPS) is 11.0. The summed E-state index contributed by atoms with van der Waals surface area (Å²) in [5, 5.41) is 1.80. The summed E-state index contributed by atoms with van der Waals surface area (Å²) in [5.74, 6) is -1.32. The van der Waals surface area contributed by atoms with Gasteiger partial charge < -0.3 is 20.7 Å². The van der Waals surface area contributed by atoms with E-state index in [0.717, 1.165) is 11.0 Å². The lowest BCUT2D eigenvalue weighted by Gasteiger charge is -2.18. The van der Waals surface area contributed by atoms with E-state index in [-0.39, 0.29) is 18.7 Å². The lowest BCUT2D eigenvalue weighted by Crippen LogP contribution is -2.37. The summed E-state index contributed by atoms with van der Waals surface area (Å²) in [4.78, 5) is 36.2. The fourth-order valence-corrected chi connectivity index (χ4v) is 2.71. The number of alkyl halides is 3. The maximum absolute atomic E-state index is 12.9. The first kappa shape index (κ1) is 24.0.